The van der Waals surface area contributed by atoms with E-state index in [1.54, 1.807) is 4.68 Å². The van der Waals surface area contributed by atoms with Gasteiger partial charge in [-0.3, -0.25) is 9.59 Å². The van der Waals surface area contributed by atoms with E-state index in [-0.39, 0.29) is 24.4 Å². The largest absolute Gasteiger partial charge is 0.455 e. The lowest BCUT2D eigenvalue weighted by atomic mass is 9.95. The summed E-state index contributed by atoms with van der Waals surface area (Å²) in [5, 5.41) is 7.30. The summed E-state index contributed by atoms with van der Waals surface area (Å²) in [5.74, 6) is -0.807. The monoisotopic (exact) mass is 353 g/mol. The van der Waals surface area contributed by atoms with Gasteiger partial charge >= 0.3 is 5.97 Å². The summed E-state index contributed by atoms with van der Waals surface area (Å²) in [7, 11) is 0. The van der Waals surface area contributed by atoms with Gasteiger partial charge < -0.3 is 10.1 Å². The van der Waals surface area contributed by atoms with Gasteiger partial charge in [-0.25, -0.2) is 4.68 Å². The number of nitrogens with zero attached hydrogens (tertiary/aromatic N) is 2. The summed E-state index contributed by atoms with van der Waals surface area (Å²) in [6.07, 6.45) is 6.39. The summed E-state index contributed by atoms with van der Waals surface area (Å²) in [6, 6.07) is 9.71. The highest BCUT2D eigenvalue weighted by Crippen LogP contribution is 2.23. The van der Waals surface area contributed by atoms with Crippen LogP contribution >= 0.6 is 0 Å². The minimum absolute atomic E-state index is 0.142. The molecule has 6 heteroatoms. The van der Waals surface area contributed by atoms with E-state index in [9.17, 15) is 9.59 Å². The van der Waals surface area contributed by atoms with Gasteiger partial charge in [0.1, 0.15) is 0 Å². The van der Waals surface area contributed by atoms with E-state index < -0.39 is 0 Å². The van der Waals surface area contributed by atoms with Crippen molar-refractivity contribution >= 4 is 17.6 Å². The third-order valence-electron chi connectivity index (χ3n) is 4.50. The highest BCUT2D eigenvalue weighted by molar-refractivity contribution is 5.94. The Morgan fingerprint density at radius 1 is 1.23 bits per heavy atom. The van der Waals surface area contributed by atoms with Gasteiger partial charge in [-0.2, -0.15) is 5.10 Å². The third-order valence-corrected chi connectivity index (χ3v) is 4.50. The second-order valence-corrected chi connectivity index (χ2v) is 6.43. The first-order valence-electron chi connectivity index (χ1n) is 8.79. The minimum atomic E-state index is -0.358. The number of ether oxygens (including phenoxy) is 1. The number of carbonyl (C=O) groups excluding carboxylic acids is 2. The highest BCUT2D eigenvalue weighted by Gasteiger charge is 2.22. The molecule has 26 heavy (non-hydrogen) atoms. The molecule has 1 aliphatic rings. The number of anilines is 1. The fourth-order valence-corrected chi connectivity index (χ4v) is 3.08. The first-order chi connectivity index (χ1) is 12.6. The number of hydrogen-bond acceptors (Lipinski definition) is 4. The third kappa shape index (κ3) is 4.02. The van der Waals surface area contributed by atoms with E-state index in [1.807, 2.05) is 50.3 Å². The molecule has 1 aromatic carbocycles. The molecule has 1 heterocycles. The lowest BCUT2D eigenvalue weighted by Crippen LogP contribution is -2.25. The number of benzene rings is 1. The van der Waals surface area contributed by atoms with E-state index >= 15 is 0 Å². The molecule has 0 spiro atoms. The number of aryl methyl sites for hydroxylation is 1. The SMILES string of the molecule is Cc1nn(-c2ccccc2)c(C)c1NC(=O)COC(=O)[C@@H]1CC=CCC1. The summed E-state index contributed by atoms with van der Waals surface area (Å²) in [4.78, 5) is 24.2. The Morgan fingerprint density at radius 2 is 2.00 bits per heavy atom. The molecule has 0 aliphatic heterocycles. The molecule has 2 aromatic rings. The average Bonchev–Trinajstić information content (AvgIpc) is 2.95. The summed E-state index contributed by atoms with van der Waals surface area (Å²) in [6.45, 7) is 3.44. The van der Waals surface area contributed by atoms with Crippen LogP contribution in [0.25, 0.3) is 5.69 Å². The number of hydrogen-bond donors (Lipinski definition) is 1. The van der Waals surface area contributed by atoms with Crippen molar-refractivity contribution in [2.75, 3.05) is 11.9 Å². The van der Waals surface area contributed by atoms with Gasteiger partial charge in [-0.1, -0.05) is 30.4 Å². The van der Waals surface area contributed by atoms with Gasteiger partial charge in [0.2, 0.25) is 0 Å². The molecule has 136 valence electrons. The smallest absolute Gasteiger partial charge is 0.309 e. The maximum absolute atomic E-state index is 12.2. The molecule has 0 saturated carbocycles. The quantitative estimate of drug-likeness (QED) is 0.661. The second-order valence-electron chi connectivity index (χ2n) is 6.43. The number of carbonyl (C=O) groups is 2. The Labute approximate surface area is 152 Å². The van der Waals surface area contributed by atoms with Crippen LogP contribution in [-0.2, 0) is 14.3 Å². The van der Waals surface area contributed by atoms with Crippen LogP contribution in [0.2, 0.25) is 0 Å². The van der Waals surface area contributed by atoms with Crippen molar-refractivity contribution in [2.45, 2.75) is 33.1 Å². The van der Waals surface area contributed by atoms with Gasteiger partial charge in [-0.15, -0.1) is 0 Å². The van der Waals surface area contributed by atoms with Crippen molar-refractivity contribution in [1.29, 1.82) is 0 Å². The van der Waals surface area contributed by atoms with Crippen LogP contribution in [0.4, 0.5) is 5.69 Å². The Kier molecular flexibility index (Phi) is 5.51. The van der Waals surface area contributed by atoms with Crippen LogP contribution in [0.5, 0.6) is 0 Å². The Morgan fingerprint density at radius 3 is 2.69 bits per heavy atom. The topological polar surface area (TPSA) is 73.2 Å². The van der Waals surface area contributed by atoms with Crippen LogP contribution in [0.15, 0.2) is 42.5 Å². The standard InChI is InChI=1S/C20H23N3O3/c1-14-19(15(2)23(22-14)17-11-7-4-8-12-17)21-18(24)13-26-20(25)16-9-5-3-6-10-16/h3-5,7-8,11-12,16H,6,9-10,13H2,1-2H3,(H,21,24)/t16-/m1/s1. The zero-order chi connectivity index (χ0) is 18.5. The van der Waals surface area contributed by atoms with Crippen molar-refractivity contribution < 1.29 is 14.3 Å². The Bertz CT molecular complexity index is 824. The lowest BCUT2D eigenvalue weighted by Gasteiger charge is -2.16. The Hall–Kier alpha value is -2.89. The first-order valence-corrected chi connectivity index (χ1v) is 8.79. The molecule has 0 bridgehead atoms. The molecule has 0 saturated heterocycles. The molecule has 3 rings (SSSR count). The van der Waals surface area contributed by atoms with Crippen LogP contribution in [0.1, 0.15) is 30.7 Å². The van der Waals surface area contributed by atoms with Crippen molar-refractivity contribution in [1.82, 2.24) is 9.78 Å². The lowest BCUT2D eigenvalue weighted by molar-refractivity contribution is -0.151. The molecule has 1 atom stereocenters. The van der Waals surface area contributed by atoms with Crippen molar-refractivity contribution in [3.8, 4) is 5.69 Å². The van der Waals surface area contributed by atoms with E-state index in [4.69, 9.17) is 4.74 Å². The fourth-order valence-electron chi connectivity index (χ4n) is 3.08. The van der Waals surface area contributed by atoms with Gasteiger partial charge in [0, 0.05) is 0 Å². The van der Waals surface area contributed by atoms with E-state index in [2.05, 4.69) is 16.5 Å². The number of amides is 1. The van der Waals surface area contributed by atoms with Crippen LogP contribution in [-0.4, -0.2) is 28.3 Å². The molecular formula is C20H23N3O3. The number of rotatable bonds is 5. The van der Waals surface area contributed by atoms with Crippen molar-refractivity contribution in [3.63, 3.8) is 0 Å². The van der Waals surface area contributed by atoms with Crippen molar-refractivity contribution in [2.24, 2.45) is 5.92 Å². The molecule has 0 fully saturated rings. The average molecular weight is 353 g/mol. The fraction of sp³-hybridized carbons (Fsp3) is 0.350. The van der Waals surface area contributed by atoms with Gasteiger partial charge in [0.15, 0.2) is 6.61 Å². The molecule has 0 radical (unpaired) electrons. The van der Waals surface area contributed by atoms with Crippen LogP contribution in [0, 0.1) is 19.8 Å². The molecule has 6 nitrogen and oxygen atoms in total. The minimum Gasteiger partial charge on any atom is -0.455 e. The van der Waals surface area contributed by atoms with E-state index in [0.717, 1.165) is 24.2 Å². The van der Waals surface area contributed by atoms with Gasteiger partial charge in [0.05, 0.1) is 28.7 Å². The Balaban J connectivity index is 1.62. The second kappa shape index (κ2) is 7.99. The highest BCUT2D eigenvalue weighted by atomic mass is 16.5. The predicted molar refractivity (Wildman–Crippen MR) is 99.1 cm³/mol. The molecule has 1 amide bonds. The molecule has 1 aliphatic carbocycles. The van der Waals surface area contributed by atoms with Gasteiger partial charge in [-0.05, 0) is 45.2 Å². The zero-order valence-corrected chi connectivity index (χ0v) is 15.1. The molecule has 0 unspecified atom stereocenters. The molecule has 1 N–H and O–H groups in total. The predicted octanol–water partition coefficient (Wildman–Crippen LogP) is 3.33. The number of esters is 1. The summed E-state index contributed by atoms with van der Waals surface area (Å²) in [5.41, 5.74) is 3.11. The maximum atomic E-state index is 12.2. The van der Waals surface area contributed by atoms with Crippen molar-refractivity contribution in [3.05, 3.63) is 53.9 Å². The summed E-state index contributed by atoms with van der Waals surface area (Å²) >= 11 is 0. The van der Waals surface area contributed by atoms with Gasteiger partial charge in [0.25, 0.3) is 5.91 Å². The summed E-state index contributed by atoms with van der Waals surface area (Å²) < 4.78 is 6.96. The number of aromatic nitrogens is 2. The van der Waals surface area contributed by atoms with Crippen LogP contribution in [0.3, 0.4) is 0 Å². The molecular weight excluding hydrogens is 330 g/mol. The zero-order valence-electron chi connectivity index (χ0n) is 15.1. The van der Waals surface area contributed by atoms with E-state index in [1.165, 1.54) is 0 Å². The van der Waals surface area contributed by atoms with Crippen LogP contribution < -0.4 is 5.32 Å². The number of nitrogens with one attached hydrogen (secondary N) is 1. The first kappa shape index (κ1) is 17.9. The van der Waals surface area contributed by atoms with E-state index in [0.29, 0.717) is 17.8 Å². The normalized spacial score (nSPS) is 16.3. The number of para-hydroxylation sites is 1. The molecule has 1 aromatic heterocycles. The maximum Gasteiger partial charge on any atom is 0.309 e. The number of allylic oxidation sites excluding steroid dienone is 2.